The highest BCUT2D eigenvalue weighted by molar-refractivity contribution is 6.30. The van der Waals surface area contributed by atoms with Gasteiger partial charge in [-0.05, 0) is 35.0 Å². The number of carbonyl (C=O) groups excluding carboxylic acids is 1. The number of H-pyrrole nitrogens is 1. The number of hydrogen-bond acceptors (Lipinski definition) is 8. The molecule has 4 rings (SSSR count). The molecule has 0 spiro atoms. The van der Waals surface area contributed by atoms with Crippen LogP contribution >= 0.6 is 11.6 Å². The highest BCUT2D eigenvalue weighted by Gasteiger charge is 2.18. The van der Waals surface area contributed by atoms with E-state index in [1.807, 2.05) is 0 Å². The van der Waals surface area contributed by atoms with Crippen molar-refractivity contribution in [1.82, 2.24) is 19.3 Å². The predicted molar refractivity (Wildman–Crippen MR) is 129 cm³/mol. The van der Waals surface area contributed by atoms with Crippen molar-refractivity contribution in [2.45, 2.75) is 20.0 Å². The third-order valence-electron chi connectivity index (χ3n) is 5.27. The maximum atomic E-state index is 14.7. The van der Waals surface area contributed by atoms with Crippen molar-refractivity contribution >= 4 is 23.3 Å². The molecule has 4 aromatic rings. The number of esters is 1. The Morgan fingerprint density at radius 1 is 1.19 bits per heavy atom. The van der Waals surface area contributed by atoms with Crippen LogP contribution in [0.5, 0.6) is 11.6 Å². The molecular weight excluding hydrogens is 509 g/mol. The molecule has 1 N–H and O–H groups in total. The zero-order valence-corrected chi connectivity index (χ0v) is 20.4. The average molecular weight is 530 g/mol. The smallest absolute Gasteiger partial charge is 0.335 e. The Morgan fingerprint density at radius 2 is 1.95 bits per heavy atom. The zero-order chi connectivity index (χ0) is 26.5. The summed E-state index contributed by atoms with van der Waals surface area (Å²) >= 11 is 5.97. The summed E-state index contributed by atoms with van der Waals surface area (Å²) in [6, 6.07) is 12.0. The second-order valence-corrected chi connectivity index (χ2v) is 8.39. The van der Waals surface area contributed by atoms with E-state index in [9.17, 15) is 18.8 Å². The van der Waals surface area contributed by atoms with Gasteiger partial charge in [0.05, 0.1) is 25.3 Å². The van der Waals surface area contributed by atoms with Crippen LogP contribution in [0, 0.1) is 11.7 Å². The van der Waals surface area contributed by atoms with Crippen molar-refractivity contribution in [2.24, 2.45) is 10.9 Å². The molecule has 2 aromatic carbocycles. The minimum Gasteiger partial charge on any atom is -0.469 e. The van der Waals surface area contributed by atoms with Crippen molar-refractivity contribution < 1.29 is 23.2 Å². The molecule has 2 aromatic heterocycles. The molecule has 1 atom stereocenters. The number of rotatable bonds is 8. The van der Waals surface area contributed by atoms with Crippen LogP contribution in [0.3, 0.4) is 0 Å². The number of halogens is 2. The number of aromatic amines is 1. The van der Waals surface area contributed by atoms with Gasteiger partial charge in [-0.2, -0.15) is 0 Å². The summed E-state index contributed by atoms with van der Waals surface area (Å²) in [6.07, 6.45) is 1.28. The van der Waals surface area contributed by atoms with Gasteiger partial charge >= 0.3 is 17.3 Å². The fourth-order valence-corrected chi connectivity index (χ4v) is 3.52. The molecule has 37 heavy (non-hydrogen) atoms. The molecule has 0 fully saturated rings. The molecule has 0 saturated heterocycles. The largest absolute Gasteiger partial charge is 0.469 e. The Bertz CT molecular complexity index is 1590. The Hall–Kier alpha value is -4.45. The van der Waals surface area contributed by atoms with Crippen molar-refractivity contribution in [1.29, 1.82) is 0 Å². The van der Waals surface area contributed by atoms with E-state index in [4.69, 9.17) is 21.1 Å². The van der Waals surface area contributed by atoms with E-state index in [0.29, 0.717) is 10.6 Å². The SMILES string of the molecule is COC(=O)[C@@H](C)Cn1c(=O)[nH]/c(=N\c2ccc(Oc3ccon3)c(F)c2)n(Cc2ccc(Cl)cc2)c1=O. The van der Waals surface area contributed by atoms with Crippen LogP contribution in [0.1, 0.15) is 12.5 Å². The fraction of sp³-hybridized carbons (Fsp3) is 0.208. The molecule has 0 saturated carbocycles. The number of benzene rings is 2. The number of nitrogens with one attached hydrogen (secondary N) is 1. The molecule has 0 amide bonds. The van der Waals surface area contributed by atoms with Crippen LogP contribution in [0.4, 0.5) is 10.1 Å². The third-order valence-corrected chi connectivity index (χ3v) is 5.53. The third kappa shape index (κ3) is 6.04. The molecule has 13 heteroatoms. The molecule has 0 aliphatic carbocycles. The van der Waals surface area contributed by atoms with Crippen LogP contribution in [0.2, 0.25) is 5.02 Å². The first-order valence-electron chi connectivity index (χ1n) is 10.9. The molecule has 0 unspecified atom stereocenters. The van der Waals surface area contributed by atoms with Crippen LogP contribution in [0.25, 0.3) is 0 Å². The van der Waals surface area contributed by atoms with Gasteiger partial charge in [0.25, 0.3) is 5.88 Å². The van der Waals surface area contributed by atoms with Gasteiger partial charge in [0.2, 0.25) is 5.62 Å². The van der Waals surface area contributed by atoms with Gasteiger partial charge in [0.1, 0.15) is 6.26 Å². The van der Waals surface area contributed by atoms with Crippen molar-refractivity contribution in [3.8, 4) is 11.6 Å². The topological polar surface area (TPSA) is 134 Å². The van der Waals surface area contributed by atoms with E-state index in [1.165, 1.54) is 43.1 Å². The van der Waals surface area contributed by atoms with E-state index in [-0.39, 0.29) is 36.0 Å². The highest BCUT2D eigenvalue weighted by Crippen LogP contribution is 2.26. The summed E-state index contributed by atoms with van der Waals surface area (Å²) in [7, 11) is 1.22. The van der Waals surface area contributed by atoms with Gasteiger partial charge in [-0.3, -0.25) is 14.3 Å². The maximum absolute atomic E-state index is 14.7. The monoisotopic (exact) mass is 529 g/mol. The van der Waals surface area contributed by atoms with Crippen molar-refractivity contribution in [2.75, 3.05) is 7.11 Å². The van der Waals surface area contributed by atoms with E-state index >= 15 is 0 Å². The summed E-state index contributed by atoms with van der Waals surface area (Å²) in [5.74, 6) is -2.15. The summed E-state index contributed by atoms with van der Waals surface area (Å²) in [5, 5.41) is 4.07. The van der Waals surface area contributed by atoms with Gasteiger partial charge in [0, 0.05) is 23.7 Å². The van der Waals surface area contributed by atoms with E-state index in [1.54, 1.807) is 24.3 Å². The molecule has 0 radical (unpaired) electrons. The lowest BCUT2D eigenvalue weighted by Crippen LogP contribution is -2.51. The number of ether oxygens (including phenoxy) is 2. The number of carbonyl (C=O) groups is 1. The Balaban J connectivity index is 1.79. The van der Waals surface area contributed by atoms with E-state index < -0.39 is 29.1 Å². The van der Waals surface area contributed by atoms with Crippen molar-refractivity contribution in [3.63, 3.8) is 0 Å². The number of methoxy groups -OCH3 is 1. The number of hydrogen-bond donors (Lipinski definition) is 1. The minimum atomic E-state index is -0.793. The quantitative estimate of drug-likeness (QED) is 0.347. The van der Waals surface area contributed by atoms with Gasteiger partial charge in [-0.1, -0.05) is 30.7 Å². The lowest BCUT2D eigenvalue weighted by Gasteiger charge is -2.14. The first-order valence-corrected chi connectivity index (χ1v) is 11.3. The van der Waals surface area contributed by atoms with E-state index in [0.717, 1.165) is 10.6 Å². The Morgan fingerprint density at radius 3 is 2.59 bits per heavy atom. The average Bonchev–Trinajstić information content (AvgIpc) is 3.39. The highest BCUT2D eigenvalue weighted by atomic mass is 35.5. The summed E-state index contributed by atoms with van der Waals surface area (Å²) in [5.41, 5.74) is -0.856. The molecular formula is C24H21ClFN5O6. The first kappa shape index (κ1) is 25.6. The molecule has 2 heterocycles. The molecule has 0 bridgehead atoms. The number of nitrogens with zero attached hydrogens (tertiary/aromatic N) is 4. The van der Waals surface area contributed by atoms with Gasteiger partial charge in [-0.25, -0.2) is 23.5 Å². The fourth-order valence-electron chi connectivity index (χ4n) is 3.40. The lowest BCUT2D eigenvalue weighted by molar-refractivity contribution is -0.145. The zero-order valence-electron chi connectivity index (χ0n) is 19.7. The second-order valence-electron chi connectivity index (χ2n) is 7.95. The number of aromatic nitrogens is 4. The first-order chi connectivity index (χ1) is 17.7. The molecule has 192 valence electrons. The van der Waals surface area contributed by atoms with Gasteiger partial charge < -0.3 is 14.0 Å². The van der Waals surface area contributed by atoms with Crippen LogP contribution < -0.4 is 21.7 Å². The van der Waals surface area contributed by atoms with E-state index in [2.05, 4.69) is 19.7 Å². The molecule has 0 aliphatic heterocycles. The predicted octanol–water partition coefficient (Wildman–Crippen LogP) is 3.00. The van der Waals surface area contributed by atoms with Gasteiger partial charge in [0.15, 0.2) is 11.6 Å². The van der Waals surface area contributed by atoms with Crippen LogP contribution in [-0.2, 0) is 22.6 Å². The summed E-state index contributed by atoms with van der Waals surface area (Å²) < 4.78 is 31.4. The molecule has 11 nitrogen and oxygen atoms in total. The maximum Gasteiger partial charge on any atom is 0.335 e. The Labute approximate surface area is 213 Å². The molecule has 0 aliphatic rings. The second kappa shape index (κ2) is 11.1. The Kier molecular flexibility index (Phi) is 7.68. The standard InChI is InChI=1S/C24H21ClFN5O6/c1-14(21(32)35-2)12-31-23(33)28-22(30(24(31)34)13-15-3-5-16(25)6-4-15)27-17-7-8-19(18(26)11-17)37-20-9-10-36-29-20/h3-11,14H,12-13H2,1-2H3,(H,27,28,33)/t14-/m0/s1. The van der Waals surface area contributed by atoms with Crippen LogP contribution in [0.15, 0.2) is 73.9 Å². The van der Waals surface area contributed by atoms with Crippen molar-refractivity contribution in [3.05, 3.63) is 97.8 Å². The minimum absolute atomic E-state index is 0.00799. The summed E-state index contributed by atoms with van der Waals surface area (Å²) in [4.78, 5) is 44.9. The summed E-state index contributed by atoms with van der Waals surface area (Å²) in [6.45, 7) is 1.32. The van der Waals surface area contributed by atoms with Gasteiger partial charge in [-0.15, -0.1) is 0 Å². The normalized spacial score (nSPS) is 12.4. The van der Waals surface area contributed by atoms with Crippen LogP contribution in [-0.4, -0.2) is 32.4 Å². The lowest BCUT2D eigenvalue weighted by atomic mass is 10.2.